The predicted molar refractivity (Wildman–Crippen MR) is 78.4 cm³/mol. The predicted octanol–water partition coefficient (Wildman–Crippen LogP) is 3.43. The molecular weight excluding hydrogens is 242 g/mol. The molecule has 1 aromatic rings. The highest BCUT2D eigenvalue weighted by molar-refractivity contribution is 7.10. The molecule has 1 saturated carbocycles. The molecule has 0 atom stereocenters. The van der Waals surface area contributed by atoms with E-state index in [9.17, 15) is 0 Å². The van der Waals surface area contributed by atoms with Crippen molar-refractivity contribution in [2.45, 2.75) is 38.0 Å². The van der Waals surface area contributed by atoms with Crippen molar-refractivity contribution < 1.29 is 4.74 Å². The second-order valence-electron chi connectivity index (χ2n) is 5.61. The molecule has 3 heteroatoms. The van der Waals surface area contributed by atoms with E-state index in [1.54, 1.807) is 12.0 Å². The lowest BCUT2D eigenvalue weighted by atomic mass is 9.70. The van der Waals surface area contributed by atoms with Crippen LogP contribution >= 0.6 is 11.3 Å². The standard InChI is InChI=1S/C15H25NOS/c1-13-5-7-15(8-6-13,12-16-9-10-17-2)14-4-3-11-18-14/h3-4,11,13,16H,5-10,12H2,1-2H3. The van der Waals surface area contributed by atoms with Gasteiger partial charge >= 0.3 is 0 Å². The van der Waals surface area contributed by atoms with Gasteiger partial charge in [0.2, 0.25) is 0 Å². The van der Waals surface area contributed by atoms with Crippen molar-refractivity contribution in [1.82, 2.24) is 5.32 Å². The number of hydrogen-bond donors (Lipinski definition) is 1. The van der Waals surface area contributed by atoms with Crippen LogP contribution in [-0.2, 0) is 10.2 Å². The van der Waals surface area contributed by atoms with E-state index in [1.165, 1.54) is 25.7 Å². The molecular formula is C15H25NOS. The normalized spacial score (nSPS) is 28.4. The molecule has 1 fully saturated rings. The van der Waals surface area contributed by atoms with Crippen LogP contribution in [-0.4, -0.2) is 26.8 Å². The third-order valence-corrected chi connectivity index (χ3v) is 5.34. The second-order valence-corrected chi connectivity index (χ2v) is 6.56. The maximum atomic E-state index is 5.11. The van der Waals surface area contributed by atoms with Crippen molar-refractivity contribution in [2.75, 3.05) is 26.8 Å². The van der Waals surface area contributed by atoms with Crippen molar-refractivity contribution in [3.8, 4) is 0 Å². The zero-order valence-electron chi connectivity index (χ0n) is 11.6. The summed E-state index contributed by atoms with van der Waals surface area (Å²) in [6.07, 6.45) is 5.39. The first-order valence-corrected chi connectivity index (χ1v) is 7.88. The van der Waals surface area contributed by atoms with Gasteiger partial charge < -0.3 is 10.1 Å². The molecule has 0 bridgehead atoms. The van der Waals surface area contributed by atoms with Gasteiger partial charge in [-0.3, -0.25) is 0 Å². The van der Waals surface area contributed by atoms with Gasteiger partial charge in [0.25, 0.3) is 0 Å². The largest absolute Gasteiger partial charge is 0.383 e. The van der Waals surface area contributed by atoms with Crippen molar-refractivity contribution in [3.63, 3.8) is 0 Å². The van der Waals surface area contributed by atoms with Crippen LogP contribution in [0.5, 0.6) is 0 Å². The van der Waals surface area contributed by atoms with E-state index in [-0.39, 0.29) is 0 Å². The quantitative estimate of drug-likeness (QED) is 0.797. The van der Waals surface area contributed by atoms with Crippen molar-refractivity contribution in [3.05, 3.63) is 22.4 Å². The van der Waals surface area contributed by atoms with E-state index in [2.05, 4.69) is 29.8 Å². The van der Waals surface area contributed by atoms with Gasteiger partial charge in [-0.2, -0.15) is 0 Å². The topological polar surface area (TPSA) is 21.3 Å². The summed E-state index contributed by atoms with van der Waals surface area (Å²) in [6, 6.07) is 4.51. The lowest BCUT2D eigenvalue weighted by Gasteiger charge is -2.39. The van der Waals surface area contributed by atoms with Crippen LogP contribution in [0.15, 0.2) is 17.5 Å². The van der Waals surface area contributed by atoms with E-state index in [0.717, 1.165) is 25.6 Å². The molecule has 1 heterocycles. The number of nitrogens with one attached hydrogen (secondary N) is 1. The summed E-state index contributed by atoms with van der Waals surface area (Å²) in [4.78, 5) is 1.57. The third kappa shape index (κ3) is 3.34. The molecule has 0 radical (unpaired) electrons. The molecule has 2 nitrogen and oxygen atoms in total. The fraction of sp³-hybridized carbons (Fsp3) is 0.733. The number of thiophene rings is 1. The van der Waals surface area contributed by atoms with Gasteiger partial charge in [0.1, 0.15) is 0 Å². The summed E-state index contributed by atoms with van der Waals surface area (Å²) >= 11 is 1.92. The number of methoxy groups -OCH3 is 1. The minimum atomic E-state index is 0.383. The molecule has 18 heavy (non-hydrogen) atoms. The van der Waals surface area contributed by atoms with Gasteiger partial charge in [-0.15, -0.1) is 11.3 Å². The Hall–Kier alpha value is -0.380. The molecule has 2 rings (SSSR count). The highest BCUT2D eigenvalue weighted by Crippen LogP contribution is 2.42. The Morgan fingerprint density at radius 2 is 2.22 bits per heavy atom. The van der Waals surface area contributed by atoms with Gasteiger partial charge in [-0.05, 0) is 43.0 Å². The van der Waals surface area contributed by atoms with Gasteiger partial charge in [0.05, 0.1) is 6.61 Å². The fourth-order valence-electron chi connectivity index (χ4n) is 2.91. The van der Waals surface area contributed by atoms with Crippen LogP contribution in [0.25, 0.3) is 0 Å². The van der Waals surface area contributed by atoms with Gasteiger partial charge in [0, 0.05) is 30.5 Å². The van der Waals surface area contributed by atoms with Crippen LogP contribution in [0.3, 0.4) is 0 Å². The second kappa shape index (κ2) is 6.69. The molecule has 0 aliphatic heterocycles. The average Bonchev–Trinajstić information content (AvgIpc) is 2.92. The molecule has 0 unspecified atom stereocenters. The molecule has 102 valence electrons. The Balaban J connectivity index is 1.99. The molecule has 1 N–H and O–H groups in total. The summed E-state index contributed by atoms with van der Waals surface area (Å²) in [5.74, 6) is 0.900. The SMILES string of the molecule is COCCNCC1(c2cccs2)CCC(C)CC1. The minimum absolute atomic E-state index is 0.383. The number of hydrogen-bond acceptors (Lipinski definition) is 3. The third-order valence-electron chi connectivity index (χ3n) is 4.22. The van der Waals surface area contributed by atoms with E-state index in [1.807, 2.05) is 11.3 Å². The minimum Gasteiger partial charge on any atom is -0.383 e. The molecule has 1 aliphatic rings. The van der Waals surface area contributed by atoms with Gasteiger partial charge in [-0.25, -0.2) is 0 Å². The van der Waals surface area contributed by atoms with Crippen molar-refractivity contribution in [1.29, 1.82) is 0 Å². The number of rotatable bonds is 6. The van der Waals surface area contributed by atoms with Crippen LogP contribution in [0.4, 0.5) is 0 Å². The lowest BCUT2D eigenvalue weighted by Crippen LogP contribution is -2.41. The van der Waals surface area contributed by atoms with Crippen LogP contribution < -0.4 is 5.32 Å². The average molecular weight is 267 g/mol. The monoisotopic (exact) mass is 267 g/mol. The first-order valence-electron chi connectivity index (χ1n) is 7.00. The zero-order valence-corrected chi connectivity index (χ0v) is 12.4. The Morgan fingerprint density at radius 3 is 2.83 bits per heavy atom. The Bertz CT molecular complexity index is 328. The van der Waals surface area contributed by atoms with E-state index < -0.39 is 0 Å². The molecule has 0 aromatic carbocycles. The van der Waals surface area contributed by atoms with E-state index in [0.29, 0.717) is 5.41 Å². The van der Waals surface area contributed by atoms with Crippen molar-refractivity contribution >= 4 is 11.3 Å². The Morgan fingerprint density at radius 1 is 1.44 bits per heavy atom. The lowest BCUT2D eigenvalue weighted by molar-refractivity contribution is 0.188. The Labute approximate surface area is 115 Å². The maximum absolute atomic E-state index is 5.11. The summed E-state index contributed by atoms with van der Waals surface area (Å²) in [5.41, 5.74) is 0.383. The highest BCUT2D eigenvalue weighted by atomic mass is 32.1. The van der Waals surface area contributed by atoms with Crippen LogP contribution in [0, 0.1) is 5.92 Å². The zero-order chi connectivity index (χ0) is 12.8. The molecule has 0 amide bonds. The molecule has 0 spiro atoms. The highest BCUT2D eigenvalue weighted by Gasteiger charge is 2.36. The molecule has 1 aliphatic carbocycles. The maximum Gasteiger partial charge on any atom is 0.0587 e. The number of ether oxygens (including phenoxy) is 1. The van der Waals surface area contributed by atoms with E-state index >= 15 is 0 Å². The molecule has 0 saturated heterocycles. The smallest absolute Gasteiger partial charge is 0.0587 e. The van der Waals surface area contributed by atoms with Gasteiger partial charge in [-0.1, -0.05) is 13.0 Å². The van der Waals surface area contributed by atoms with Crippen LogP contribution in [0.1, 0.15) is 37.5 Å². The fourth-order valence-corrected chi connectivity index (χ4v) is 3.89. The summed E-state index contributed by atoms with van der Waals surface area (Å²) < 4.78 is 5.11. The summed E-state index contributed by atoms with van der Waals surface area (Å²) in [5, 5.41) is 5.79. The first kappa shape index (κ1) is 14.0. The first-order chi connectivity index (χ1) is 8.77. The van der Waals surface area contributed by atoms with Crippen LogP contribution in [0.2, 0.25) is 0 Å². The van der Waals surface area contributed by atoms with E-state index in [4.69, 9.17) is 4.74 Å². The summed E-state index contributed by atoms with van der Waals surface area (Å²) in [6.45, 7) is 5.25. The van der Waals surface area contributed by atoms with Crippen molar-refractivity contribution in [2.24, 2.45) is 5.92 Å². The summed E-state index contributed by atoms with van der Waals surface area (Å²) in [7, 11) is 1.76. The molecule has 1 aromatic heterocycles. The Kier molecular flexibility index (Phi) is 5.22. The van der Waals surface area contributed by atoms with Gasteiger partial charge in [0.15, 0.2) is 0 Å².